The number of rotatable bonds is 6. The Morgan fingerprint density at radius 1 is 1.47 bits per heavy atom. The van der Waals surface area contributed by atoms with Crippen molar-refractivity contribution < 1.29 is 24.4 Å². The van der Waals surface area contributed by atoms with Gasteiger partial charge in [-0.1, -0.05) is 0 Å². The number of nitro groups is 1. The van der Waals surface area contributed by atoms with E-state index in [1.54, 1.807) is 6.92 Å². The monoisotopic (exact) mass is 285 g/mol. The van der Waals surface area contributed by atoms with Crippen LogP contribution in [0, 0.1) is 10.1 Å². The van der Waals surface area contributed by atoms with Crippen molar-refractivity contribution >= 4 is 29.4 Å². The van der Waals surface area contributed by atoms with Crippen molar-refractivity contribution in [2.45, 2.75) is 11.8 Å². The normalized spacial score (nSPS) is 9.95. The van der Waals surface area contributed by atoms with E-state index in [0.717, 1.165) is 23.9 Å². The number of ether oxygens (including phenoxy) is 1. The van der Waals surface area contributed by atoms with Crippen molar-refractivity contribution in [2.75, 3.05) is 12.4 Å². The van der Waals surface area contributed by atoms with Gasteiger partial charge < -0.3 is 9.84 Å². The van der Waals surface area contributed by atoms with E-state index in [1.165, 1.54) is 6.07 Å². The van der Waals surface area contributed by atoms with Gasteiger partial charge in [0.05, 0.1) is 27.7 Å². The highest BCUT2D eigenvalue weighted by Crippen LogP contribution is 2.30. The zero-order valence-corrected chi connectivity index (χ0v) is 10.8. The van der Waals surface area contributed by atoms with Crippen LogP contribution in [0.5, 0.6) is 0 Å². The van der Waals surface area contributed by atoms with E-state index in [0.29, 0.717) is 0 Å². The second-order valence-corrected chi connectivity index (χ2v) is 4.36. The van der Waals surface area contributed by atoms with Crippen LogP contribution in [0.15, 0.2) is 23.1 Å². The molecule has 0 aliphatic carbocycles. The Bertz CT molecular complexity index is 516. The van der Waals surface area contributed by atoms with E-state index < -0.39 is 16.9 Å². The third-order valence-electron chi connectivity index (χ3n) is 2.05. The van der Waals surface area contributed by atoms with E-state index in [-0.39, 0.29) is 28.5 Å². The van der Waals surface area contributed by atoms with Crippen molar-refractivity contribution in [3.63, 3.8) is 0 Å². The maximum absolute atomic E-state index is 11.2. The SMILES string of the molecule is CCOC(=O)CSc1cc(C(=O)O)ccc1[N+](=O)[O-]. The Balaban J connectivity index is 2.94. The van der Waals surface area contributed by atoms with Gasteiger partial charge in [-0.3, -0.25) is 14.9 Å². The van der Waals surface area contributed by atoms with E-state index in [9.17, 15) is 19.7 Å². The molecule has 0 heterocycles. The van der Waals surface area contributed by atoms with Gasteiger partial charge in [0.2, 0.25) is 0 Å². The number of aromatic carboxylic acids is 1. The molecular formula is C11H11NO6S. The zero-order chi connectivity index (χ0) is 14.4. The van der Waals surface area contributed by atoms with Crippen LogP contribution in [-0.4, -0.2) is 34.3 Å². The molecule has 0 aliphatic heterocycles. The lowest BCUT2D eigenvalue weighted by molar-refractivity contribution is -0.387. The van der Waals surface area contributed by atoms with Crippen molar-refractivity contribution in [3.05, 3.63) is 33.9 Å². The van der Waals surface area contributed by atoms with Gasteiger partial charge in [-0.15, -0.1) is 11.8 Å². The van der Waals surface area contributed by atoms with Crippen LogP contribution < -0.4 is 0 Å². The summed E-state index contributed by atoms with van der Waals surface area (Å²) in [5, 5.41) is 19.6. The van der Waals surface area contributed by atoms with E-state index in [2.05, 4.69) is 0 Å². The quantitative estimate of drug-likeness (QED) is 0.368. The summed E-state index contributed by atoms with van der Waals surface area (Å²) in [6.45, 7) is 1.87. The molecule has 0 fully saturated rings. The van der Waals surface area contributed by atoms with Crippen LogP contribution in [0.1, 0.15) is 17.3 Å². The summed E-state index contributed by atoms with van der Waals surface area (Å²) >= 11 is 0.875. The highest BCUT2D eigenvalue weighted by Gasteiger charge is 2.18. The number of carboxylic acids is 1. The van der Waals surface area contributed by atoms with Gasteiger partial charge in [0.25, 0.3) is 5.69 Å². The first-order valence-electron chi connectivity index (χ1n) is 5.25. The molecule has 0 saturated heterocycles. The second-order valence-electron chi connectivity index (χ2n) is 3.34. The number of esters is 1. The minimum Gasteiger partial charge on any atom is -0.478 e. The van der Waals surface area contributed by atoms with Gasteiger partial charge in [-0.05, 0) is 19.1 Å². The fourth-order valence-corrected chi connectivity index (χ4v) is 2.11. The largest absolute Gasteiger partial charge is 0.478 e. The molecule has 0 unspecified atom stereocenters. The maximum Gasteiger partial charge on any atom is 0.335 e. The lowest BCUT2D eigenvalue weighted by Crippen LogP contribution is -2.07. The molecule has 1 aromatic rings. The summed E-state index contributed by atoms with van der Waals surface area (Å²) in [5.41, 5.74) is -0.309. The van der Waals surface area contributed by atoms with Crippen molar-refractivity contribution in [2.24, 2.45) is 0 Å². The molecule has 0 amide bonds. The minimum atomic E-state index is -1.19. The van der Waals surface area contributed by atoms with Crippen LogP contribution in [0.2, 0.25) is 0 Å². The van der Waals surface area contributed by atoms with Crippen LogP contribution in [0.3, 0.4) is 0 Å². The lowest BCUT2D eigenvalue weighted by Gasteiger charge is -2.04. The van der Waals surface area contributed by atoms with Crippen molar-refractivity contribution in [1.29, 1.82) is 0 Å². The standard InChI is InChI=1S/C11H11NO6S/c1-2-18-10(13)6-19-9-5-7(11(14)15)3-4-8(9)12(16)17/h3-5H,2,6H2,1H3,(H,14,15). The van der Waals surface area contributed by atoms with E-state index >= 15 is 0 Å². The fraction of sp³-hybridized carbons (Fsp3) is 0.273. The number of thioether (sulfide) groups is 1. The molecular weight excluding hydrogens is 274 g/mol. The van der Waals surface area contributed by atoms with E-state index in [1.807, 2.05) is 0 Å². The highest BCUT2D eigenvalue weighted by molar-refractivity contribution is 8.00. The van der Waals surface area contributed by atoms with Crippen molar-refractivity contribution in [3.8, 4) is 0 Å². The summed E-state index contributed by atoms with van der Waals surface area (Å²) in [4.78, 5) is 32.3. The smallest absolute Gasteiger partial charge is 0.335 e. The van der Waals surface area contributed by atoms with Crippen LogP contribution in [0.4, 0.5) is 5.69 Å². The number of hydrogen-bond donors (Lipinski definition) is 1. The zero-order valence-electron chi connectivity index (χ0n) is 9.99. The molecule has 0 aliphatic rings. The molecule has 19 heavy (non-hydrogen) atoms. The number of nitro benzene ring substituents is 1. The molecule has 0 saturated carbocycles. The maximum atomic E-state index is 11.2. The van der Waals surface area contributed by atoms with Crippen LogP contribution in [0.25, 0.3) is 0 Å². The number of hydrogen-bond acceptors (Lipinski definition) is 6. The first kappa shape index (κ1) is 15.0. The Kier molecular flexibility index (Phi) is 5.31. The van der Waals surface area contributed by atoms with Crippen molar-refractivity contribution in [1.82, 2.24) is 0 Å². The molecule has 7 nitrogen and oxygen atoms in total. The number of benzene rings is 1. The Morgan fingerprint density at radius 3 is 2.68 bits per heavy atom. The number of carboxylic acid groups (broad SMARTS) is 1. The van der Waals surface area contributed by atoms with Crippen LogP contribution >= 0.6 is 11.8 Å². The fourth-order valence-electron chi connectivity index (χ4n) is 1.25. The average Bonchev–Trinajstić information content (AvgIpc) is 2.36. The summed E-state index contributed by atoms with van der Waals surface area (Å²) < 4.78 is 4.70. The second kappa shape index (κ2) is 6.74. The lowest BCUT2D eigenvalue weighted by atomic mass is 10.2. The number of nitrogens with zero attached hydrogens (tertiary/aromatic N) is 1. The Labute approximate surface area is 112 Å². The molecule has 0 bridgehead atoms. The van der Waals surface area contributed by atoms with E-state index in [4.69, 9.17) is 9.84 Å². The molecule has 1 N–H and O–H groups in total. The highest BCUT2D eigenvalue weighted by atomic mass is 32.2. The molecule has 8 heteroatoms. The van der Waals surface area contributed by atoms with Gasteiger partial charge in [0, 0.05) is 6.07 Å². The first-order valence-corrected chi connectivity index (χ1v) is 6.24. The predicted molar refractivity (Wildman–Crippen MR) is 67.4 cm³/mol. The van der Waals surface area contributed by atoms with Gasteiger partial charge in [0.1, 0.15) is 0 Å². The van der Waals surface area contributed by atoms with Gasteiger partial charge in [-0.2, -0.15) is 0 Å². The summed E-state index contributed by atoms with van der Waals surface area (Å²) in [5.74, 6) is -1.81. The minimum absolute atomic E-state index is 0.0723. The Morgan fingerprint density at radius 2 is 2.16 bits per heavy atom. The number of carbonyl (C=O) groups excluding carboxylic acids is 1. The molecule has 1 aromatic carbocycles. The predicted octanol–water partition coefficient (Wildman–Crippen LogP) is 1.95. The van der Waals surface area contributed by atoms with Crippen LogP contribution in [-0.2, 0) is 9.53 Å². The molecule has 0 aromatic heterocycles. The number of carbonyl (C=O) groups is 2. The van der Waals surface area contributed by atoms with Gasteiger partial charge in [0.15, 0.2) is 0 Å². The molecule has 0 atom stereocenters. The molecule has 0 radical (unpaired) electrons. The topological polar surface area (TPSA) is 107 Å². The van der Waals surface area contributed by atoms with Gasteiger partial charge in [-0.25, -0.2) is 4.79 Å². The van der Waals surface area contributed by atoms with Gasteiger partial charge >= 0.3 is 11.9 Å². The average molecular weight is 285 g/mol. The third-order valence-corrected chi connectivity index (χ3v) is 3.07. The summed E-state index contributed by atoms with van der Waals surface area (Å²) in [6, 6.07) is 3.43. The first-order chi connectivity index (χ1) is 8.95. The molecule has 102 valence electrons. The Hall–Kier alpha value is -2.09. The third kappa shape index (κ3) is 4.25. The summed E-state index contributed by atoms with van der Waals surface area (Å²) in [7, 11) is 0. The molecule has 0 spiro atoms. The summed E-state index contributed by atoms with van der Waals surface area (Å²) in [6.07, 6.45) is 0. The molecule has 1 rings (SSSR count).